The van der Waals surface area contributed by atoms with Crippen molar-refractivity contribution in [3.8, 4) is 5.75 Å². The summed E-state index contributed by atoms with van der Waals surface area (Å²) in [5.74, 6) is -0.0619. The van der Waals surface area contributed by atoms with Gasteiger partial charge < -0.3 is 10.1 Å². The molecular weight excluding hydrogens is 418 g/mol. The molecule has 162 valence electrons. The zero-order valence-electron chi connectivity index (χ0n) is 18.7. The molecule has 0 aliphatic carbocycles. The van der Waals surface area contributed by atoms with Gasteiger partial charge in [0.25, 0.3) is 0 Å². The van der Waals surface area contributed by atoms with E-state index >= 15 is 0 Å². The SMILES string of the molecule is CC(=O)Sc1cc(C(=O)c2cc(C(C)(C)C)c(O)c(C(C)(C)C)c2)c(SC(C)=O)[nH]1. The summed E-state index contributed by atoms with van der Waals surface area (Å²) in [5, 5.41) is 11.6. The second-order valence-corrected chi connectivity index (χ2v) is 11.7. The molecule has 0 amide bonds. The van der Waals surface area contributed by atoms with Crippen molar-refractivity contribution in [1.29, 1.82) is 0 Å². The van der Waals surface area contributed by atoms with Crippen molar-refractivity contribution in [2.75, 3.05) is 0 Å². The van der Waals surface area contributed by atoms with Crippen molar-refractivity contribution in [1.82, 2.24) is 4.98 Å². The number of phenolic OH excluding ortho intramolecular Hbond substituents is 1. The molecule has 0 bridgehead atoms. The number of thioether (sulfide) groups is 2. The molecule has 0 spiro atoms. The van der Waals surface area contributed by atoms with E-state index in [-0.39, 0.29) is 32.6 Å². The summed E-state index contributed by atoms with van der Waals surface area (Å²) in [6.07, 6.45) is 0. The van der Waals surface area contributed by atoms with Crippen LogP contribution in [0.4, 0.5) is 0 Å². The smallest absolute Gasteiger partial charge is 0.195 e. The molecule has 30 heavy (non-hydrogen) atoms. The fourth-order valence-corrected chi connectivity index (χ4v) is 4.49. The molecule has 0 aliphatic rings. The van der Waals surface area contributed by atoms with Crippen LogP contribution >= 0.6 is 23.5 Å². The van der Waals surface area contributed by atoms with Crippen molar-refractivity contribution in [3.05, 3.63) is 40.5 Å². The van der Waals surface area contributed by atoms with E-state index in [2.05, 4.69) is 4.98 Å². The number of hydrogen-bond acceptors (Lipinski definition) is 6. The molecule has 7 heteroatoms. The van der Waals surface area contributed by atoms with Crippen LogP contribution < -0.4 is 0 Å². The molecule has 1 heterocycles. The van der Waals surface area contributed by atoms with Crippen molar-refractivity contribution < 1.29 is 19.5 Å². The number of aromatic nitrogens is 1. The lowest BCUT2D eigenvalue weighted by Gasteiger charge is -2.28. The summed E-state index contributed by atoms with van der Waals surface area (Å²) >= 11 is 1.91. The number of nitrogens with one attached hydrogen (secondary N) is 1. The summed E-state index contributed by atoms with van der Waals surface area (Å²) in [6.45, 7) is 14.8. The zero-order chi connectivity index (χ0) is 23.0. The molecule has 1 aromatic carbocycles. The molecule has 2 aromatic rings. The summed E-state index contributed by atoms with van der Waals surface area (Å²) in [4.78, 5) is 39.7. The highest BCUT2D eigenvalue weighted by Crippen LogP contribution is 2.41. The Bertz CT molecular complexity index is 972. The van der Waals surface area contributed by atoms with E-state index < -0.39 is 0 Å². The molecule has 0 radical (unpaired) electrons. The van der Waals surface area contributed by atoms with Crippen LogP contribution in [0.1, 0.15) is 82.4 Å². The Morgan fingerprint density at radius 2 is 1.30 bits per heavy atom. The van der Waals surface area contributed by atoms with Crippen molar-refractivity contribution >= 4 is 39.5 Å². The molecule has 1 aromatic heterocycles. The Morgan fingerprint density at radius 1 is 0.833 bits per heavy atom. The molecule has 0 unspecified atom stereocenters. The largest absolute Gasteiger partial charge is 0.507 e. The van der Waals surface area contributed by atoms with Gasteiger partial charge in [0.15, 0.2) is 16.0 Å². The summed E-state index contributed by atoms with van der Waals surface area (Å²) in [7, 11) is 0. The van der Waals surface area contributed by atoms with Crippen LogP contribution in [-0.4, -0.2) is 26.1 Å². The number of carbonyl (C=O) groups is 3. The standard InChI is InChI=1S/C23H29NO4S2/c1-12(25)29-18-11-15(21(24-18)30-13(2)26)19(27)14-9-16(22(3,4)5)20(28)17(10-14)23(6,7)8/h9-11,24,28H,1-8H3. The lowest BCUT2D eigenvalue weighted by Crippen LogP contribution is -2.19. The minimum absolute atomic E-state index is 0.121. The number of carbonyl (C=O) groups excluding carboxylic acids is 3. The van der Waals surface area contributed by atoms with Crippen LogP contribution in [-0.2, 0) is 20.4 Å². The van der Waals surface area contributed by atoms with E-state index in [9.17, 15) is 19.5 Å². The van der Waals surface area contributed by atoms with Crippen LogP contribution in [0.25, 0.3) is 0 Å². The summed E-state index contributed by atoms with van der Waals surface area (Å²) < 4.78 is 0. The van der Waals surface area contributed by atoms with E-state index in [1.54, 1.807) is 18.2 Å². The summed E-state index contributed by atoms with van der Waals surface area (Å²) in [5.41, 5.74) is 1.41. The number of aromatic amines is 1. The lowest BCUT2D eigenvalue weighted by molar-refractivity contribution is -0.109. The Balaban J connectivity index is 2.69. The molecule has 0 saturated heterocycles. The van der Waals surface area contributed by atoms with Crippen LogP contribution in [0, 0.1) is 0 Å². The highest BCUT2D eigenvalue weighted by Gasteiger charge is 2.29. The number of phenols is 1. The van der Waals surface area contributed by atoms with Gasteiger partial charge in [0.1, 0.15) is 5.75 Å². The molecule has 0 aliphatic heterocycles. The predicted octanol–water partition coefficient (Wildman–Crippen LogP) is 5.82. The number of H-pyrrole nitrogens is 1. The Kier molecular flexibility index (Phi) is 6.99. The maximum absolute atomic E-state index is 13.5. The highest BCUT2D eigenvalue weighted by atomic mass is 32.2. The summed E-state index contributed by atoms with van der Waals surface area (Å²) in [6, 6.07) is 5.06. The highest BCUT2D eigenvalue weighted by molar-refractivity contribution is 8.14. The fraction of sp³-hybridized carbons (Fsp3) is 0.435. The van der Waals surface area contributed by atoms with Gasteiger partial charge >= 0.3 is 0 Å². The van der Waals surface area contributed by atoms with Gasteiger partial charge in [-0.1, -0.05) is 41.5 Å². The van der Waals surface area contributed by atoms with Crippen LogP contribution in [0.15, 0.2) is 28.3 Å². The lowest BCUT2D eigenvalue weighted by atomic mass is 9.78. The average Bonchev–Trinajstić information content (AvgIpc) is 2.92. The molecule has 2 N–H and O–H groups in total. The predicted molar refractivity (Wildman–Crippen MR) is 123 cm³/mol. The minimum Gasteiger partial charge on any atom is -0.507 e. The third kappa shape index (κ3) is 5.58. The first-order valence-electron chi connectivity index (χ1n) is 9.63. The van der Waals surface area contributed by atoms with Crippen molar-refractivity contribution in [2.24, 2.45) is 0 Å². The van der Waals surface area contributed by atoms with Gasteiger partial charge in [-0.3, -0.25) is 14.4 Å². The van der Waals surface area contributed by atoms with E-state index in [0.717, 1.165) is 23.5 Å². The number of aromatic hydroxyl groups is 1. The Labute approximate surface area is 186 Å². The first kappa shape index (κ1) is 24.3. The topological polar surface area (TPSA) is 87.2 Å². The van der Waals surface area contributed by atoms with Gasteiger partial charge in [0.2, 0.25) is 0 Å². The van der Waals surface area contributed by atoms with Gasteiger partial charge in [-0.2, -0.15) is 0 Å². The average molecular weight is 448 g/mol. The van der Waals surface area contributed by atoms with Gasteiger partial charge in [-0.05, 0) is 52.6 Å². The fourth-order valence-electron chi connectivity index (χ4n) is 3.08. The molecule has 0 atom stereocenters. The van der Waals surface area contributed by atoms with Crippen molar-refractivity contribution in [2.45, 2.75) is 76.3 Å². The van der Waals surface area contributed by atoms with Gasteiger partial charge in [0, 0.05) is 30.5 Å². The zero-order valence-corrected chi connectivity index (χ0v) is 20.4. The van der Waals surface area contributed by atoms with E-state index in [1.165, 1.54) is 13.8 Å². The maximum atomic E-state index is 13.5. The molecule has 2 rings (SSSR count). The van der Waals surface area contributed by atoms with Crippen LogP contribution in [0.2, 0.25) is 0 Å². The minimum atomic E-state index is -0.370. The third-order valence-corrected chi connectivity index (χ3v) is 6.03. The van der Waals surface area contributed by atoms with Crippen LogP contribution in [0.3, 0.4) is 0 Å². The molecule has 0 fully saturated rings. The first-order valence-corrected chi connectivity index (χ1v) is 11.3. The number of benzene rings is 1. The number of ketones is 1. The van der Waals surface area contributed by atoms with Gasteiger partial charge in [0.05, 0.1) is 15.6 Å². The number of rotatable bonds is 4. The third-order valence-electron chi connectivity index (χ3n) is 4.49. The first-order chi connectivity index (χ1) is 13.6. The van der Waals surface area contributed by atoms with E-state index in [1.807, 2.05) is 41.5 Å². The number of hydrogen-bond donors (Lipinski definition) is 2. The second-order valence-electron chi connectivity index (χ2n) is 9.31. The van der Waals surface area contributed by atoms with E-state index in [0.29, 0.717) is 32.3 Å². The molecule has 5 nitrogen and oxygen atoms in total. The molecule has 0 saturated carbocycles. The van der Waals surface area contributed by atoms with Gasteiger partial charge in [-0.15, -0.1) is 0 Å². The maximum Gasteiger partial charge on any atom is 0.195 e. The van der Waals surface area contributed by atoms with Crippen LogP contribution in [0.5, 0.6) is 5.75 Å². The van der Waals surface area contributed by atoms with E-state index in [4.69, 9.17) is 0 Å². The monoisotopic (exact) mass is 447 g/mol. The Morgan fingerprint density at radius 3 is 1.70 bits per heavy atom. The van der Waals surface area contributed by atoms with Gasteiger partial charge in [-0.25, -0.2) is 0 Å². The normalized spacial score (nSPS) is 12.1. The molecular formula is C23H29NO4S2. The quantitative estimate of drug-likeness (QED) is 0.453. The second kappa shape index (κ2) is 8.63. The Hall–Kier alpha value is -1.99. The van der Waals surface area contributed by atoms with Crippen molar-refractivity contribution in [3.63, 3.8) is 0 Å².